The van der Waals surface area contributed by atoms with Crippen LogP contribution in [-0.4, -0.2) is 33.8 Å². The van der Waals surface area contributed by atoms with E-state index < -0.39 is 5.97 Å². The Hall–Kier alpha value is -3.09. The van der Waals surface area contributed by atoms with Crippen molar-refractivity contribution in [3.05, 3.63) is 59.2 Å². The molecule has 1 aliphatic rings. The fourth-order valence-corrected chi connectivity index (χ4v) is 4.08. The van der Waals surface area contributed by atoms with Crippen LogP contribution in [0.5, 0.6) is 5.75 Å². The van der Waals surface area contributed by atoms with Crippen molar-refractivity contribution in [3.8, 4) is 5.75 Å². The molecule has 0 aliphatic carbocycles. The van der Waals surface area contributed by atoms with E-state index in [2.05, 4.69) is 10.00 Å². The second kappa shape index (κ2) is 7.14. The fraction of sp³-hybridized carbons (Fsp3) is 0.333. The molecule has 2 aromatic heterocycles. The Kier molecular flexibility index (Phi) is 4.66. The predicted molar refractivity (Wildman–Crippen MR) is 103 cm³/mol. The number of hydrogen-bond donors (Lipinski definition) is 1. The molecule has 1 unspecified atom stereocenters. The Balaban J connectivity index is 1.80. The summed E-state index contributed by atoms with van der Waals surface area (Å²) in [7, 11) is 0. The zero-order valence-corrected chi connectivity index (χ0v) is 15.9. The third kappa shape index (κ3) is 2.96. The minimum Gasteiger partial charge on any atom is -0.508 e. The standard InChI is InChI=1S/C21H22FN3O3/c1-3-28-21(27)16-12-23-25-10-8-17(13(2)20(16)25)24-9-4-5-18(24)15-11-14(22)6-7-19(15)26/h6-8,10-12,18,26H,3-5,9H2,1-2H3. The van der Waals surface area contributed by atoms with Crippen molar-refractivity contribution in [1.82, 2.24) is 9.61 Å². The number of anilines is 1. The molecular weight excluding hydrogens is 361 g/mol. The van der Waals surface area contributed by atoms with Gasteiger partial charge in [-0.05, 0) is 56.5 Å². The number of rotatable bonds is 4. The lowest BCUT2D eigenvalue weighted by atomic mass is 10.0. The van der Waals surface area contributed by atoms with Gasteiger partial charge in [0.2, 0.25) is 0 Å². The number of fused-ring (bicyclic) bond motifs is 1. The van der Waals surface area contributed by atoms with Crippen LogP contribution in [0.1, 0.15) is 47.3 Å². The van der Waals surface area contributed by atoms with Crippen molar-refractivity contribution in [2.24, 2.45) is 0 Å². The quantitative estimate of drug-likeness (QED) is 0.690. The Labute approximate surface area is 162 Å². The second-order valence-corrected chi connectivity index (χ2v) is 6.95. The number of phenolic OH excluding ortho intramolecular Hbond substituents is 1. The van der Waals surface area contributed by atoms with Crippen LogP contribution in [0.3, 0.4) is 0 Å². The van der Waals surface area contributed by atoms with Gasteiger partial charge in [-0.25, -0.2) is 13.7 Å². The third-order valence-electron chi connectivity index (χ3n) is 5.31. The number of carbonyl (C=O) groups is 1. The van der Waals surface area contributed by atoms with Crippen LogP contribution in [-0.2, 0) is 4.74 Å². The van der Waals surface area contributed by atoms with Crippen LogP contribution in [0, 0.1) is 12.7 Å². The average molecular weight is 383 g/mol. The van der Waals surface area contributed by atoms with Crippen LogP contribution in [0.15, 0.2) is 36.7 Å². The summed E-state index contributed by atoms with van der Waals surface area (Å²) in [5.74, 6) is -0.681. The van der Waals surface area contributed by atoms with Gasteiger partial charge in [-0.1, -0.05) is 0 Å². The largest absolute Gasteiger partial charge is 0.508 e. The Bertz CT molecular complexity index is 1050. The van der Waals surface area contributed by atoms with E-state index in [0.29, 0.717) is 23.3 Å². The molecule has 28 heavy (non-hydrogen) atoms. The topological polar surface area (TPSA) is 67.1 Å². The van der Waals surface area contributed by atoms with Crippen LogP contribution < -0.4 is 4.90 Å². The van der Waals surface area contributed by atoms with E-state index in [-0.39, 0.29) is 17.6 Å². The zero-order chi connectivity index (χ0) is 19.8. The summed E-state index contributed by atoms with van der Waals surface area (Å²) in [6, 6.07) is 5.86. The molecule has 0 saturated carbocycles. The van der Waals surface area contributed by atoms with Gasteiger partial charge in [-0.3, -0.25) is 0 Å². The maximum absolute atomic E-state index is 13.8. The first-order valence-electron chi connectivity index (χ1n) is 9.40. The molecule has 0 amide bonds. The molecule has 0 bridgehead atoms. The van der Waals surface area contributed by atoms with Gasteiger partial charge in [0.15, 0.2) is 0 Å². The maximum Gasteiger partial charge on any atom is 0.341 e. The van der Waals surface area contributed by atoms with E-state index in [1.807, 2.05) is 13.0 Å². The van der Waals surface area contributed by atoms with Gasteiger partial charge in [0.05, 0.1) is 24.4 Å². The SMILES string of the molecule is CCOC(=O)c1cnn2ccc(N3CCCC3c3cc(F)ccc3O)c(C)c12. The maximum atomic E-state index is 13.8. The monoisotopic (exact) mass is 383 g/mol. The van der Waals surface area contributed by atoms with Crippen LogP contribution in [0.25, 0.3) is 5.52 Å². The highest BCUT2D eigenvalue weighted by atomic mass is 19.1. The summed E-state index contributed by atoms with van der Waals surface area (Å²) in [4.78, 5) is 14.5. The number of pyridine rings is 1. The molecule has 1 atom stereocenters. The first kappa shape index (κ1) is 18.3. The number of aromatic nitrogens is 2. The van der Waals surface area contributed by atoms with Crippen LogP contribution in [0.2, 0.25) is 0 Å². The van der Waals surface area contributed by atoms with Gasteiger partial charge in [-0.2, -0.15) is 5.10 Å². The van der Waals surface area contributed by atoms with Crippen LogP contribution >= 0.6 is 0 Å². The molecular formula is C21H22FN3O3. The predicted octanol–water partition coefficient (Wildman–Crippen LogP) is 4.01. The summed E-state index contributed by atoms with van der Waals surface area (Å²) >= 11 is 0. The molecule has 1 fully saturated rings. The molecule has 7 heteroatoms. The molecule has 3 heterocycles. The van der Waals surface area contributed by atoms with Crippen molar-refractivity contribution >= 4 is 17.2 Å². The summed E-state index contributed by atoms with van der Waals surface area (Å²) in [6.45, 7) is 4.78. The highest BCUT2D eigenvalue weighted by Crippen LogP contribution is 2.41. The number of hydrogen-bond acceptors (Lipinski definition) is 5. The van der Waals surface area contributed by atoms with Crippen LogP contribution in [0.4, 0.5) is 10.1 Å². The second-order valence-electron chi connectivity index (χ2n) is 6.95. The first-order valence-corrected chi connectivity index (χ1v) is 9.40. The van der Waals surface area contributed by atoms with Gasteiger partial charge < -0.3 is 14.7 Å². The third-order valence-corrected chi connectivity index (χ3v) is 5.31. The Morgan fingerprint density at radius 1 is 1.39 bits per heavy atom. The molecule has 0 radical (unpaired) electrons. The molecule has 0 spiro atoms. The number of esters is 1. The number of carbonyl (C=O) groups excluding carboxylic acids is 1. The van der Waals surface area contributed by atoms with Gasteiger partial charge >= 0.3 is 5.97 Å². The average Bonchev–Trinajstić information content (AvgIpc) is 3.31. The lowest BCUT2D eigenvalue weighted by Crippen LogP contribution is -2.24. The van der Waals surface area contributed by atoms with Gasteiger partial charge in [0, 0.05) is 24.0 Å². The molecule has 3 aromatic rings. The number of halogens is 1. The van der Waals surface area contributed by atoms with Crippen molar-refractivity contribution < 1.29 is 19.0 Å². The highest BCUT2D eigenvalue weighted by molar-refractivity contribution is 5.98. The summed E-state index contributed by atoms with van der Waals surface area (Å²) in [6.07, 6.45) is 5.06. The molecule has 6 nitrogen and oxygen atoms in total. The van der Waals surface area contributed by atoms with Crippen molar-refractivity contribution in [2.75, 3.05) is 18.1 Å². The van der Waals surface area contributed by atoms with Crippen molar-refractivity contribution in [3.63, 3.8) is 0 Å². The normalized spacial score (nSPS) is 16.7. The summed E-state index contributed by atoms with van der Waals surface area (Å²) in [5, 5.41) is 14.5. The molecule has 1 saturated heterocycles. The molecule has 1 aliphatic heterocycles. The first-order chi connectivity index (χ1) is 13.5. The van der Waals surface area contributed by atoms with E-state index in [0.717, 1.165) is 30.6 Å². The molecule has 146 valence electrons. The minimum absolute atomic E-state index is 0.0913. The fourth-order valence-electron chi connectivity index (χ4n) is 4.08. The van der Waals surface area contributed by atoms with E-state index in [4.69, 9.17) is 4.74 Å². The highest BCUT2D eigenvalue weighted by Gasteiger charge is 2.30. The Morgan fingerprint density at radius 2 is 2.21 bits per heavy atom. The van der Waals surface area contributed by atoms with E-state index in [1.54, 1.807) is 17.6 Å². The molecule has 1 aromatic carbocycles. The zero-order valence-electron chi connectivity index (χ0n) is 15.9. The number of nitrogens with zero attached hydrogens (tertiary/aromatic N) is 3. The Morgan fingerprint density at radius 3 is 3.00 bits per heavy atom. The minimum atomic E-state index is -0.404. The summed E-state index contributed by atoms with van der Waals surface area (Å²) in [5.41, 5.74) is 3.53. The van der Waals surface area contributed by atoms with Gasteiger partial charge in [0.25, 0.3) is 0 Å². The number of aryl methyl sites for hydroxylation is 1. The number of aromatic hydroxyl groups is 1. The lowest BCUT2D eigenvalue weighted by molar-refractivity contribution is 0.0528. The van der Waals surface area contributed by atoms with Crippen molar-refractivity contribution in [1.29, 1.82) is 0 Å². The number of phenols is 1. The molecule has 4 rings (SSSR count). The summed E-state index contributed by atoms with van der Waals surface area (Å²) < 4.78 is 20.6. The lowest BCUT2D eigenvalue weighted by Gasteiger charge is -2.29. The van der Waals surface area contributed by atoms with Gasteiger partial charge in [-0.15, -0.1) is 0 Å². The van der Waals surface area contributed by atoms with Crippen molar-refractivity contribution in [2.45, 2.75) is 32.7 Å². The van der Waals surface area contributed by atoms with E-state index >= 15 is 0 Å². The van der Waals surface area contributed by atoms with E-state index in [9.17, 15) is 14.3 Å². The van der Waals surface area contributed by atoms with E-state index in [1.165, 1.54) is 24.4 Å². The smallest absolute Gasteiger partial charge is 0.341 e. The number of ether oxygens (including phenoxy) is 1. The number of benzene rings is 1. The van der Waals surface area contributed by atoms with Gasteiger partial charge in [0.1, 0.15) is 17.1 Å². The molecule has 1 N–H and O–H groups in total.